The Morgan fingerprint density at radius 3 is 2.95 bits per heavy atom. The summed E-state index contributed by atoms with van der Waals surface area (Å²) in [5.74, 6) is 0.660. The maximum atomic E-state index is 11.9. The van der Waals surface area contributed by atoms with Gasteiger partial charge in [0.25, 0.3) is 5.91 Å². The maximum Gasteiger partial charge on any atom is 0.251 e. The van der Waals surface area contributed by atoms with Gasteiger partial charge in [0.15, 0.2) is 0 Å². The standard InChI is InChI=1S/C15H20BrNO3/c1-10(2)17-15(18)11-5-6-14(13(16)8-11)20-9-12-4-3-7-19-12/h5-6,8,10,12H,3-4,7,9H2,1-2H3,(H,17,18)/t12-/m1/s1. The van der Waals surface area contributed by atoms with Crippen LogP contribution < -0.4 is 10.1 Å². The fraction of sp³-hybridized carbons (Fsp3) is 0.533. The van der Waals surface area contributed by atoms with Crippen LogP contribution in [0.4, 0.5) is 0 Å². The molecule has 2 rings (SSSR count). The number of ether oxygens (including phenoxy) is 2. The van der Waals surface area contributed by atoms with Crippen LogP contribution in [-0.2, 0) is 4.74 Å². The molecule has 1 N–H and O–H groups in total. The van der Waals surface area contributed by atoms with E-state index in [0.717, 1.165) is 29.7 Å². The lowest BCUT2D eigenvalue weighted by atomic mass is 10.2. The molecule has 1 atom stereocenters. The zero-order valence-electron chi connectivity index (χ0n) is 11.8. The molecule has 0 spiro atoms. The Morgan fingerprint density at radius 2 is 2.35 bits per heavy atom. The molecule has 110 valence electrons. The molecule has 1 aromatic carbocycles. The first-order valence-electron chi connectivity index (χ1n) is 6.91. The summed E-state index contributed by atoms with van der Waals surface area (Å²) in [4.78, 5) is 11.9. The molecule has 0 aliphatic carbocycles. The lowest BCUT2D eigenvalue weighted by Gasteiger charge is -2.14. The van der Waals surface area contributed by atoms with E-state index in [2.05, 4.69) is 21.2 Å². The lowest BCUT2D eigenvalue weighted by Crippen LogP contribution is -2.30. The van der Waals surface area contributed by atoms with Gasteiger partial charge in [-0.15, -0.1) is 0 Å². The Morgan fingerprint density at radius 1 is 1.55 bits per heavy atom. The highest BCUT2D eigenvalue weighted by Crippen LogP contribution is 2.27. The van der Waals surface area contributed by atoms with E-state index in [4.69, 9.17) is 9.47 Å². The highest BCUT2D eigenvalue weighted by molar-refractivity contribution is 9.10. The molecule has 4 nitrogen and oxygen atoms in total. The fourth-order valence-corrected chi connectivity index (χ4v) is 2.56. The molecular weight excluding hydrogens is 322 g/mol. The number of carbonyl (C=O) groups excluding carboxylic acids is 1. The molecule has 1 fully saturated rings. The van der Waals surface area contributed by atoms with Crippen molar-refractivity contribution in [1.82, 2.24) is 5.32 Å². The molecule has 0 bridgehead atoms. The third kappa shape index (κ3) is 4.21. The number of carbonyl (C=O) groups is 1. The number of halogens is 1. The Hall–Kier alpha value is -1.07. The molecule has 1 aliphatic rings. The van der Waals surface area contributed by atoms with Crippen LogP contribution in [0.2, 0.25) is 0 Å². The molecule has 0 saturated carbocycles. The number of hydrogen-bond acceptors (Lipinski definition) is 3. The third-order valence-electron chi connectivity index (χ3n) is 3.06. The van der Waals surface area contributed by atoms with Crippen LogP contribution >= 0.6 is 15.9 Å². The van der Waals surface area contributed by atoms with Gasteiger partial charge in [-0.25, -0.2) is 0 Å². The smallest absolute Gasteiger partial charge is 0.251 e. The molecule has 0 unspecified atom stereocenters. The average molecular weight is 342 g/mol. The van der Waals surface area contributed by atoms with E-state index in [0.29, 0.717) is 12.2 Å². The van der Waals surface area contributed by atoms with Gasteiger partial charge in [-0.2, -0.15) is 0 Å². The predicted molar refractivity (Wildman–Crippen MR) is 81.2 cm³/mol. The van der Waals surface area contributed by atoms with Gasteiger partial charge in [0.05, 0.1) is 10.6 Å². The Balaban J connectivity index is 1.96. The SMILES string of the molecule is CC(C)NC(=O)c1ccc(OC[C@H]2CCCO2)c(Br)c1. The number of benzene rings is 1. The molecule has 1 heterocycles. The van der Waals surface area contributed by atoms with E-state index in [-0.39, 0.29) is 18.1 Å². The van der Waals surface area contributed by atoms with Crippen molar-refractivity contribution in [1.29, 1.82) is 0 Å². The van der Waals surface area contributed by atoms with E-state index in [9.17, 15) is 4.79 Å². The largest absolute Gasteiger partial charge is 0.490 e. The minimum atomic E-state index is -0.0774. The topological polar surface area (TPSA) is 47.6 Å². The third-order valence-corrected chi connectivity index (χ3v) is 3.68. The second-order valence-electron chi connectivity index (χ2n) is 5.22. The summed E-state index contributed by atoms with van der Waals surface area (Å²) in [5, 5.41) is 2.86. The Kier molecular flexibility index (Phi) is 5.43. The molecule has 5 heteroatoms. The molecule has 20 heavy (non-hydrogen) atoms. The van der Waals surface area contributed by atoms with Crippen molar-refractivity contribution in [2.24, 2.45) is 0 Å². The Bertz CT molecular complexity index is 470. The van der Waals surface area contributed by atoms with Gasteiger partial charge in [-0.05, 0) is 60.8 Å². The van der Waals surface area contributed by atoms with Crippen LogP contribution in [0.1, 0.15) is 37.0 Å². The summed E-state index contributed by atoms with van der Waals surface area (Å²) < 4.78 is 12.0. The van der Waals surface area contributed by atoms with Crippen molar-refractivity contribution in [3.05, 3.63) is 28.2 Å². The van der Waals surface area contributed by atoms with Gasteiger partial charge >= 0.3 is 0 Å². The van der Waals surface area contributed by atoms with Gasteiger partial charge in [0.2, 0.25) is 0 Å². The first-order valence-corrected chi connectivity index (χ1v) is 7.70. The summed E-state index contributed by atoms with van der Waals surface area (Å²) in [6.45, 7) is 5.25. The van der Waals surface area contributed by atoms with Crippen LogP contribution in [0.5, 0.6) is 5.75 Å². The van der Waals surface area contributed by atoms with Gasteiger partial charge in [0, 0.05) is 18.2 Å². The van der Waals surface area contributed by atoms with Gasteiger partial charge in [-0.3, -0.25) is 4.79 Å². The highest BCUT2D eigenvalue weighted by Gasteiger charge is 2.17. The average Bonchev–Trinajstić information content (AvgIpc) is 2.89. The second-order valence-corrected chi connectivity index (χ2v) is 6.07. The van der Waals surface area contributed by atoms with Gasteiger partial charge in [0.1, 0.15) is 12.4 Å². The zero-order chi connectivity index (χ0) is 14.5. The first kappa shape index (κ1) is 15.3. The van der Waals surface area contributed by atoms with E-state index in [1.165, 1.54) is 0 Å². The maximum absolute atomic E-state index is 11.9. The normalized spacial score (nSPS) is 18.3. The summed E-state index contributed by atoms with van der Waals surface area (Å²) in [7, 11) is 0. The van der Waals surface area contributed by atoms with Crippen molar-refractivity contribution in [2.45, 2.75) is 38.8 Å². The minimum Gasteiger partial charge on any atom is -0.490 e. The van der Waals surface area contributed by atoms with Crippen molar-refractivity contribution in [2.75, 3.05) is 13.2 Å². The van der Waals surface area contributed by atoms with Crippen molar-refractivity contribution < 1.29 is 14.3 Å². The number of hydrogen-bond donors (Lipinski definition) is 1. The zero-order valence-corrected chi connectivity index (χ0v) is 13.4. The van der Waals surface area contributed by atoms with Crippen LogP contribution in [0.15, 0.2) is 22.7 Å². The van der Waals surface area contributed by atoms with Crippen molar-refractivity contribution in [3.8, 4) is 5.75 Å². The molecule has 1 aliphatic heterocycles. The fourth-order valence-electron chi connectivity index (χ4n) is 2.06. The van der Waals surface area contributed by atoms with E-state index >= 15 is 0 Å². The monoisotopic (exact) mass is 341 g/mol. The first-order chi connectivity index (χ1) is 9.56. The summed E-state index contributed by atoms with van der Waals surface area (Å²) in [6, 6.07) is 5.49. The van der Waals surface area contributed by atoms with E-state index < -0.39 is 0 Å². The molecule has 1 saturated heterocycles. The summed E-state index contributed by atoms with van der Waals surface area (Å²) in [6.07, 6.45) is 2.33. The van der Waals surface area contributed by atoms with E-state index in [1.54, 1.807) is 12.1 Å². The van der Waals surface area contributed by atoms with Crippen LogP contribution in [0.25, 0.3) is 0 Å². The van der Waals surface area contributed by atoms with Crippen LogP contribution in [0, 0.1) is 0 Å². The lowest BCUT2D eigenvalue weighted by molar-refractivity contribution is 0.0677. The summed E-state index contributed by atoms with van der Waals surface area (Å²) >= 11 is 3.45. The highest BCUT2D eigenvalue weighted by atomic mass is 79.9. The van der Waals surface area contributed by atoms with Crippen molar-refractivity contribution >= 4 is 21.8 Å². The molecular formula is C15H20BrNO3. The van der Waals surface area contributed by atoms with E-state index in [1.807, 2.05) is 19.9 Å². The number of rotatable bonds is 5. The van der Waals surface area contributed by atoms with Crippen LogP contribution in [-0.4, -0.2) is 31.3 Å². The van der Waals surface area contributed by atoms with Crippen LogP contribution in [0.3, 0.4) is 0 Å². The molecule has 1 aromatic rings. The Labute approximate surface area is 128 Å². The molecule has 0 radical (unpaired) electrons. The van der Waals surface area contributed by atoms with Crippen molar-refractivity contribution in [3.63, 3.8) is 0 Å². The van der Waals surface area contributed by atoms with Gasteiger partial charge in [-0.1, -0.05) is 0 Å². The number of amides is 1. The quantitative estimate of drug-likeness (QED) is 0.894. The molecule has 0 aromatic heterocycles. The predicted octanol–water partition coefficient (Wildman–Crippen LogP) is 3.15. The summed E-state index contributed by atoms with van der Waals surface area (Å²) in [5.41, 5.74) is 0.620. The number of nitrogens with one attached hydrogen (secondary N) is 1. The minimum absolute atomic E-state index is 0.0774. The second kappa shape index (κ2) is 7.09. The van der Waals surface area contributed by atoms with Gasteiger partial charge < -0.3 is 14.8 Å². The molecule has 1 amide bonds.